The number of rotatable bonds is 10. The van der Waals surface area contributed by atoms with Crippen LogP contribution in [0.1, 0.15) is 55.4 Å². The van der Waals surface area contributed by atoms with Crippen LogP contribution in [0, 0.1) is 5.92 Å². The van der Waals surface area contributed by atoms with Crippen molar-refractivity contribution in [3.63, 3.8) is 0 Å². The average molecular weight is 602 g/mol. The molecule has 9 heteroatoms. The predicted molar refractivity (Wildman–Crippen MR) is 167 cm³/mol. The minimum atomic E-state index is -0.914. The lowest BCUT2D eigenvalue weighted by atomic mass is 9.90. The van der Waals surface area contributed by atoms with Gasteiger partial charge in [-0.2, -0.15) is 0 Å². The second-order valence-electron chi connectivity index (χ2n) is 11.8. The minimum absolute atomic E-state index is 0.0133. The lowest BCUT2D eigenvalue weighted by Gasteiger charge is -2.44. The minimum Gasteiger partial charge on any atom is -0.453 e. The van der Waals surface area contributed by atoms with Gasteiger partial charge >= 0.3 is 5.97 Å². The van der Waals surface area contributed by atoms with E-state index >= 15 is 0 Å². The zero-order valence-corrected chi connectivity index (χ0v) is 25.7. The third kappa shape index (κ3) is 8.31. The molecule has 9 nitrogen and oxygen atoms in total. The monoisotopic (exact) mass is 601 g/mol. The highest BCUT2D eigenvalue weighted by Gasteiger charge is 2.39. The van der Waals surface area contributed by atoms with Gasteiger partial charge in [0.05, 0.1) is 18.8 Å². The fourth-order valence-corrected chi connectivity index (χ4v) is 5.86. The number of hydrogen-bond acceptors (Lipinski definition) is 8. The Hall–Kier alpha value is -3.60. The summed E-state index contributed by atoms with van der Waals surface area (Å²) in [5, 5.41) is 12.4. The van der Waals surface area contributed by atoms with E-state index in [4.69, 9.17) is 14.2 Å². The molecule has 3 aromatic rings. The van der Waals surface area contributed by atoms with Gasteiger partial charge in [0.15, 0.2) is 12.4 Å². The Morgan fingerprint density at radius 3 is 2.30 bits per heavy atom. The summed E-state index contributed by atoms with van der Waals surface area (Å²) >= 11 is 0. The van der Waals surface area contributed by atoms with Crippen LogP contribution in [0.25, 0.3) is 0 Å². The zero-order chi connectivity index (χ0) is 31.1. The second-order valence-corrected chi connectivity index (χ2v) is 11.8. The van der Waals surface area contributed by atoms with Gasteiger partial charge in [-0.25, -0.2) is 0 Å². The van der Waals surface area contributed by atoms with Crippen LogP contribution >= 0.6 is 0 Å². The number of carbonyl (C=O) groups excluding carboxylic acids is 2. The van der Waals surface area contributed by atoms with E-state index in [-0.39, 0.29) is 24.7 Å². The van der Waals surface area contributed by atoms with Crippen molar-refractivity contribution in [1.82, 2.24) is 9.80 Å². The third-order valence-corrected chi connectivity index (χ3v) is 8.41. The standard InChI is InChI=1S/C35H43N3O6/c1-24-32(22-38-18-16-37(17-19-38)21-27-8-5-4-6-9-27)43-35(44-33(24)29-14-12-28(23-39)13-15-29)30-10-7-11-31(20-30)36-34(41)25(2)42-26(3)40/h4-15,20,24-25,32-33,35,39H,16-19,21-23H2,1-3H3,(H,36,41)/t24-,25+,32+,33+,35+/m1/s1. The van der Waals surface area contributed by atoms with E-state index in [2.05, 4.69) is 52.4 Å². The maximum absolute atomic E-state index is 12.6. The van der Waals surface area contributed by atoms with E-state index in [9.17, 15) is 14.7 Å². The van der Waals surface area contributed by atoms with E-state index in [1.165, 1.54) is 19.4 Å². The topological polar surface area (TPSA) is 101 Å². The Kier molecular flexibility index (Phi) is 10.8. The molecule has 5 rings (SSSR count). The van der Waals surface area contributed by atoms with Crippen LogP contribution in [0.3, 0.4) is 0 Å². The smallest absolute Gasteiger partial charge is 0.303 e. The first-order valence-electron chi connectivity index (χ1n) is 15.4. The first-order chi connectivity index (χ1) is 21.3. The number of piperazine rings is 1. The molecule has 44 heavy (non-hydrogen) atoms. The first-order valence-corrected chi connectivity index (χ1v) is 15.4. The molecule has 1 amide bonds. The van der Waals surface area contributed by atoms with Gasteiger partial charge < -0.3 is 24.6 Å². The Morgan fingerprint density at radius 1 is 0.909 bits per heavy atom. The fraction of sp³-hybridized carbons (Fsp3) is 0.429. The molecule has 0 unspecified atom stereocenters. The summed E-state index contributed by atoms with van der Waals surface area (Å²) in [6, 6.07) is 25.9. The molecule has 2 aliphatic heterocycles. The molecule has 2 saturated heterocycles. The molecule has 2 fully saturated rings. The van der Waals surface area contributed by atoms with Gasteiger partial charge in [0.2, 0.25) is 0 Å². The highest BCUT2D eigenvalue weighted by atomic mass is 16.7. The van der Waals surface area contributed by atoms with Crippen LogP contribution in [-0.4, -0.2) is 71.7 Å². The largest absolute Gasteiger partial charge is 0.453 e. The summed E-state index contributed by atoms with van der Waals surface area (Å²) in [6.45, 7) is 10.6. The van der Waals surface area contributed by atoms with Crippen LogP contribution in [0.5, 0.6) is 0 Å². The quantitative estimate of drug-likeness (QED) is 0.323. The number of amides is 1. The van der Waals surface area contributed by atoms with E-state index in [0.717, 1.165) is 56.0 Å². The van der Waals surface area contributed by atoms with Crippen molar-refractivity contribution in [1.29, 1.82) is 0 Å². The number of anilines is 1. The van der Waals surface area contributed by atoms with Gasteiger partial charge in [-0.15, -0.1) is 0 Å². The van der Waals surface area contributed by atoms with Crippen LogP contribution in [0.2, 0.25) is 0 Å². The SMILES string of the molecule is CC(=O)O[C@@H](C)C(=O)Nc1cccc([C@H]2O[C@@H](CN3CCN(Cc4ccccc4)CC3)[C@@H](C)[C@@H](c3ccc(CO)cc3)O2)c1. The lowest BCUT2D eigenvalue weighted by molar-refractivity contribution is -0.276. The maximum Gasteiger partial charge on any atom is 0.303 e. The molecule has 2 heterocycles. The number of nitrogens with one attached hydrogen (secondary N) is 1. The molecule has 234 valence electrons. The first kappa shape index (κ1) is 31.8. The van der Waals surface area contributed by atoms with Crippen molar-refractivity contribution in [3.05, 3.63) is 101 Å². The number of benzene rings is 3. The van der Waals surface area contributed by atoms with Gasteiger partial charge in [0.1, 0.15) is 0 Å². The fourth-order valence-electron chi connectivity index (χ4n) is 5.86. The molecule has 0 spiro atoms. The number of carbonyl (C=O) groups is 2. The Bertz CT molecular complexity index is 1380. The average Bonchev–Trinajstić information content (AvgIpc) is 3.03. The van der Waals surface area contributed by atoms with Crippen molar-refractivity contribution in [2.24, 2.45) is 5.92 Å². The number of esters is 1. The van der Waals surface area contributed by atoms with Crippen LogP contribution < -0.4 is 5.32 Å². The van der Waals surface area contributed by atoms with Gasteiger partial charge in [0, 0.05) is 63.4 Å². The molecule has 0 radical (unpaired) electrons. The summed E-state index contributed by atoms with van der Waals surface area (Å²) in [6.07, 6.45) is -1.89. The number of aliphatic hydroxyl groups excluding tert-OH is 1. The molecule has 2 N–H and O–H groups in total. The molecular weight excluding hydrogens is 558 g/mol. The van der Waals surface area contributed by atoms with Gasteiger partial charge in [0.25, 0.3) is 5.91 Å². The number of aliphatic hydroxyl groups is 1. The van der Waals surface area contributed by atoms with Crippen LogP contribution in [0.15, 0.2) is 78.9 Å². The molecule has 0 bridgehead atoms. The summed E-state index contributed by atoms with van der Waals surface area (Å²) in [5.41, 5.74) is 4.55. The predicted octanol–water partition coefficient (Wildman–Crippen LogP) is 4.68. The summed E-state index contributed by atoms with van der Waals surface area (Å²) < 4.78 is 18.3. The van der Waals surface area contributed by atoms with Crippen molar-refractivity contribution in [2.45, 2.75) is 58.5 Å². The third-order valence-electron chi connectivity index (χ3n) is 8.41. The summed E-state index contributed by atoms with van der Waals surface area (Å²) in [7, 11) is 0. The number of nitrogens with zero attached hydrogens (tertiary/aromatic N) is 2. The summed E-state index contributed by atoms with van der Waals surface area (Å²) in [4.78, 5) is 28.9. The van der Waals surface area contributed by atoms with Gasteiger partial charge in [-0.05, 0) is 35.7 Å². The molecular formula is C35H43N3O6. The van der Waals surface area contributed by atoms with E-state index < -0.39 is 24.3 Å². The molecule has 5 atom stereocenters. The maximum atomic E-state index is 12.6. The van der Waals surface area contributed by atoms with Crippen molar-refractivity contribution in [2.75, 3.05) is 38.0 Å². The van der Waals surface area contributed by atoms with Crippen molar-refractivity contribution < 1.29 is 28.9 Å². The normalized spacial score (nSPS) is 23.5. The van der Waals surface area contributed by atoms with E-state index in [1.54, 1.807) is 6.07 Å². The molecule has 0 aliphatic carbocycles. The molecule has 0 aromatic heterocycles. The molecule has 0 saturated carbocycles. The van der Waals surface area contributed by atoms with E-state index in [0.29, 0.717) is 5.69 Å². The van der Waals surface area contributed by atoms with E-state index in [1.807, 2.05) is 42.5 Å². The number of hydrogen-bond donors (Lipinski definition) is 2. The lowest BCUT2D eigenvalue weighted by Crippen LogP contribution is -2.51. The highest BCUT2D eigenvalue weighted by molar-refractivity contribution is 5.95. The van der Waals surface area contributed by atoms with Crippen molar-refractivity contribution in [3.8, 4) is 0 Å². The van der Waals surface area contributed by atoms with Gasteiger partial charge in [-0.3, -0.25) is 19.4 Å². The van der Waals surface area contributed by atoms with Crippen molar-refractivity contribution >= 4 is 17.6 Å². The summed E-state index contributed by atoms with van der Waals surface area (Å²) in [5.74, 6) is -0.857. The Labute approximate surface area is 259 Å². The molecule has 3 aromatic carbocycles. The Balaban J connectivity index is 1.30. The number of ether oxygens (including phenoxy) is 3. The molecule has 2 aliphatic rings. The zero-order valence-electron chi connectivity index (χ0n) is 25.7. The van der Waals surface area contributed by atoms with Gasteiger partial charge in [-0.1, -0.05) is 73.7 Å². The van der Waals surface area contributed by atoms with Crippen LogP contribution in [-0.2, 0) is 37.0 Å². The van der Waals surface area contributed by atoms with Crippen LogP contribution in [0.4, 0.5) is 5.69 Å². The Morgan fingerprint density at radius 2 is 1.61 bits per heavy atom. The highest BCUT2D eigenvalue weighted by Crippen LogP contribution is 2.42. The second kappa shape index (κ2) is 14.9.